The molecule has 0 aromatic heterocycles. The van der Waals surface area contributed by atoms with Crippen LogP contribution >= 0.6 is 0 Å². The molecule has 4 nitrogen and oxygen atoms in total. The van der Waals surface area contributed by atoms with Gasteiger partial charge in [-0.3, -0.25) is 4.79 Å². The summed E-state index contributed by atoms with van der Waals surface area (Å²) < 4.78 is 5.46. The number of hydrogen-bond donors (Lipinski definition) is 2. The third kappa shape index (κ3) is 5.75. The van der Waals surface area contributed by atoms with Gasteiger partial charge in [0, 0.05) is 0 Å². The number of aliphatic hydroxyl groups is 1. The lowest BCUT2D eigenvalue weighted by Crippen LogP contribution is -2.40. The fourth-order valence-electron chi connectivity index (χ4n) is 1.88. The van der Waals surface area contributed by atoms with E-state index in [0.717, 1.165) is 12.0 Å². The molecule has 1 rings (SSSR count). The molecule has 0 fully saturated rings. The fraction of sp³-hybridized carbons (Fsp3) is 0.533. The molecule has 1 aromatic carbocycles. The third-order valence-electron chi connectivity index (χ3n) is 2.79. The Hall–Kier alpha value is -1.55. The molecular weight excluding hydrogens is 242 g/mol. The van der Waals surface area contributed by atoms with Gasteiger partial charge in [-0.2, -0.15) is 0 Å². The summed E-state index contributed by atoms with van der Waals surface area (Å²) in [6.45, 7) is 5.97. The molecule has 0 aliphatic carbocycles. The second-order valence-electron chi connectivity index (χ2n) is 5.13. The van der Waals surface area contributed by atoms with Crippen molar-refractivity contribution in [2.24, 2.45) is 5.92 Å². The zero-order valence-corrected chi connectivity index (χ0v) is 11.8. The molecule has 19 heavy (non-hydrogen) atoms. The van der Waals surface area contributed by atoms with Crippen molar-refractivity contribution < 1.29 is 14.6 Å². The maximum absolute atomic E-state index is 11.7. The highest BCUT2D eigenvalue weighted by Gasteiger charge is 2.13. The van der Waals surface area contributed by atoms with Crippen LogP contribution in [-0.2, 0) is 4.79 Å². The van der Waals surface area contributed by atoms with Crippen LogP contribution in [0.4, 0.5) is 0 Å². The van der Waals surface area contributed by atoms with E-state index in [2.05, 4.69) is 19.2 Å². The SMILES string of the molecule is Cc1ccccc1OCC(=O)NC(CO)CC(C)C. The second kappa shape index (κ2) is 7.79. The smallest absolute Gasteiger partial charge is 0.258 e. The number of rotatable bonds is 7. The standard InChI is InChI=1S/C15H23NO3/c1-11(2)8-13(9-17)16-15(18)10-19-14-7-5-4-6-12(14)3/h4-7,11,13,17H,8-10H2,1-3H3,(H,16,18). The first kappa shape index (κ1) is 15.5. The van der Waals surface area contributed by atoms with Crippen molar-refractivity contribution in [3.63, 3.8) is 0 Å². The molecule has 2 N–H and O–H groups in total. The summed E-state index contributed by atoms with van der Waals surface area (Å²) in [7, 11) is 0. The molecule has 0 radical (unpaired) electrons. The summed E-state index contributed by atoms with van der Waals surface area (Å²) in [5, 5.41) is 12.0. The molecule has 0 heterocycles. The van der Waals surface area contributed by atoms with Gasteiger partial charge in [0.25, 0.3) is 5.91 Å². The summed E-state index contributed by atoms with van der Waals surface area (Å²) in [6.07, 6.45) is 0.757. The van der Waals surface area contributed by atoms with Gasteiger partial charge in [0.2, 0.25) is 0 Å². The van der Waals surface area contributed by atoms with E-state index in [1.807, 2.05) is 31.2 Å². The molecule has 0 saturated heterocycles. The highest BCUT2D eigenvalue weighted by atomic mass is 16.5. The van der Waals surface area contributed by atoms with Crippen LogP contribution < -0.4 is 10.1 Å². The highest BCUT2D eigenvalue weighted by Crippen LogP contribution is 2.15. The van der Waals surface area contributed by atoms with Crippen LogP contribution in [0.15, 0.2) is 24.3 Å². The van der Waals surface area contributed by atoms with Gasteiger partial charge in [0.05, 0.1) is 12.6 Å². The van der Waals surface area contributed by atoms with Crippen molar-refractivity contribution in [3.05, 3.63) is 29.8 Å². The number of carbonyl (C=O) groups excluding carboxylic acids is 1. The van der Waals surface area contributed by atoms with Gasteiger partial charge >= 0.3 is 0 Å². The quantitative estimate of drug-likeness (QED) is 0.791. The molecule has 1 aromatic rings. The van der Waals surface area contributed by atoms with E-state index in [9.17, 15) is 9.90 Å². The van der Waals surface area contributed by atoms with E-state index in [1.54, 1.807) is 0 Å². The van der Waals surface area contributed by atoms with Gasteiger partial charge in [-0.25, -0.2) is 0 Å². The summed E-state index contributed by atoms with van der Waals surface area (Å²) in [5.74, 6) is 0.930. The number of amides is 1. The predicted octanol–water partition coefficient (Wildman–Crippen LogP) is 1.90. The Bertz CT molecular complexity index is 404. The van der Waals surface area contributed by atoms with Crippen LogP contribution in [0.5, 0.6) is 5.75 Å². The maximum atomic E-state index is 11.7. The molecule has 0 bridgehead atoms. The third-order valence-corrected chi connectivity index (χ3v) is 2.79. The molecule has 0 spiro atoms. The first-order valence-electron chi connectivity index (χ1n) is 6.61. The Morgan fingerprint density at radius 1 is 1.37 bits per heavy atom. The van der Waals surface area contributed by atoms with E-state index >= 15 is 0 Å². The topological polar surface area (TPSA) is 58.6 Å². The fourth-order valence-corrected chi connectivity index (χ4v) is 1.88. The lowest BCUT2D eigenvalue weighted by molar-refractivity contribution is -0.124. The first-order chi connectivity index (χ1) is 9.02. The zero-order chi connectivity index (χ0) is 14.3. The molecule has 1 atom stereocenters. The van der Waals surface area contributed by atoms with Crippen molar-refractivity contribution in [3.8, 4) is 5.75 Å². The summed E-state index contributed by atoms with van der Waals surface area (Å²) in [4.78, 5) is 11.7. The Morgan fingerprint density at radius 3 is 2.63 bits per heavy atom. The predicted molar refractivity (Wildman–Crippen MR) is 75.1 cm³/mol. The van der Waals surface area contributed by atoms with Gasteiger partial charge in [-0.05, 0) is 30.9 Å². The molecule has 1 unspecified atom stereocenters. The summed E-state index contributed by atoms with van der Waals surface area (Å²) >= 11 is 0. The monoisotopic (exact) mass is 265 g/mol. The lowest BCUT2D eigenvalue weighted by atomic mass is 10.0. The van der Waals surface area contributed by atoms with Crippen LogP contribution in [-0.4, -0.2) is 30.3 Å². The summed E-state index contributed by atoms with van der Waals surface area (Å²) in [6, 6.07) is 7.36. The molecule has 106 valence electrons. The zero-order valence-electron chi connectivity index (χ0n) is 11.8. The van der Waals surface area contributed by atoms with E-state index in [-0.39, 0.29) is 25.2 Å². The Kier molecular flexibility index (Phi) is 6.36. The number of aryl methyl sites for hydroxylation is 1. The number of hydrogen-bond acceptors (Lipinski definition) is 3. The van der Waals surface area contributed by atoms with Crippen molar-refractivity contribution >= 4 is 5.91 Å². The minimum absolute atomic E-state index is 0.0283. The second-order valence-corrected chi connectivity index (χ2v) is 5.13. The van der Waals surface area contributed by atoms with Crippen LogP contribution in [0.2, 0.25) is 0 Å². The number of para-hydroxylation sites is 1. The van der Waals surface area contributed by atoms with E-state index in [0.29, 0.717) is 11.7 Å². The normalized spacial score (nSPS) is 12.3. The molecule has 4 heteroatoms. The first-order valence-corrected chi connectivity index (χ1v) is 6.61. The number of carbonyl (C=O) groups is 1. The highest BCUT2D eigenvalue weighted by molar-refractivity contribution is 5.77. The molecule has 1 amide bonds. The van der Waals surface area contributed by atoms with Crippen LogP contribution in [0, 0.1) is 12.8 Å². The Labute approximate surface area is 114 Å². The minimum Gasteiger partial charge on any atom is -0.484 e. The van der Waals surface area contributed by atoms with E-state index < -0.39 is 0 Å². The number of nitrogens with one attached hydrogen (secondary N) is 1. The van der Waals surface area contributed by atoms with Crippen LogP contribution in [0.25, 0.3) is 0 Å². The number of ether oxygens (including phenoxy) is 1. The van der Waals surface area contributed by atoms with Gasteiger partial charge < -0.3 is 15.2 Å². The van der Waals surface area contributed by atoms with Gasteiger partial charge in [0.1, 0.15) is 5.75 Å². The van der Waals surface area contributed by atoms with Crippen LogP contribution in [0.3, 0.4) is 0 Å². The van der Waals surface area contributed by atoms with Crippen molar-refractivity contribution in [1.82, 2.24) is 5.32 Å². The molecule has 0 saturated carbocycles. The Balaban J connectivity index is 2.41. The largest absolute Gasteiger partial charge is 0.484 e. The molecular formula is C15H23NO3. The lowest BCUT2D eigenvalue weighted by Gasteiger charge is -2.18. The molecule has 0 aliphatic rings. The number of benzene rings is 1. The summed E-state index contributed by atoms with van der Waals surface area (Å²) in [5.41, 5.74) is 0.996. The van der Waals surface area contributed by atoms with Crippen molar-refractivity contribution in [2.45, 2.75) is 33.2 Å². The van der Waals surface area contributed by atoms with Crippen LogP contribution in [0.1, 0.15) is 25.8 Å². The van der Waals surface area contributed by atoms with E-state index in [1.165, 1.54) is 0 Å². The van der Waals surface area contributed by atoms with Gasteiger partial charge in [-0.1, -0.05) is 32.0 Å². The van der Waals surface area contributed by atoms with Gasteiger partial charge in [0.15, 0.2) is 6.61 Å². The minimum atomic E-state index is -0.206. The maximum Gasteiger partial charge on any atom is 0.258 e. The van der Waals surface area contributed by atoms with E-state index in [4.69, 9.17) is 4.74 Å². The molecule has 0 aliphatic heterocycles. The Morgan fingerprint density at radius 2 is 2.05 bits per heavy atom. The van der Waals surface area contributed by atoms with Crippen molar-refractivity contribution in [1.29, 1.82) is 0 Å². The number of aliphatic hydroxyl groups excluding tert-OH is 1. The van der Waals surface area contributed by atoms with Crippen molar-refractivity contribution in [2.75, 3.05) is 13.2 Å². The average molecular weight is 265 g/mol. The van der Waals surface area contributed by atoms with Gasteiger partial charge in [-0.15, -0.1) is 0 Å². The average Bonchev–Trinajstić information content (AvgIpc) is 2.36.